The number of nitrogens with zero attached hydrogens (tertiary/aromatic N) is 3. The largest absolute Gasteiger partial charge is 0.343 e. The molecule has 0 unspecified atom stereocenters. The average molecular weight is 358 g/mol. The van der Waals surface area contributed by atoms with Crippen LogP contribution in [0.1, 0.15) is 20.1 Å². The molecule has 2 N–H and O–H groups in total. The number of amides is 1. The minimum Gasteiger partial charge on any atom is -0.343 e. The Hall–Kier alpha value is -2.29. The lowest BCUT2D eigenvalue weighted by atomic mass is 10.1. The molecule has 0 saturated carbocycles. The topological polar surface area (TPSA) is 78.4 Å². The van der Waals surface area contributed by atoms with Gasteiger partial charge in [-0.25, -0.2) is 10.5 Å². The zero-order valence-electron chi connectivity index (χ0n) is 12.6. The van der Waals surface area contributed by atoms with Crippen molar-refractivity contribution in [3.8, 4) is 10.4 Å². The number of nitrogens with one attached hydrogen (secondary N) is 1. The molecule has 4 rings (SSSR count). The van der Waals surface area contributed by atoms with Crippen molar-refractivity contribution in [2.24, 2.45) is 0 Å². The standard InChI is InChI=1S/C16H14N4O2S2/c21-15(19-22)13-7-11-9-20(6-3-12(11)23-13)16-18-8-14(24-16)10-1-4-17-5-2-10/h1-2,4-5,7-8,22H,3,6,9H2,(H,19,21). The summed E-state index contributed by atoms with van der Waals surface area (Å²) in [5.41, 5.74) is 3.94. The van der Waals surface area contributed by atoms with Crippen LogP contribution in [0.4, 0.5) is 5.13 Å². The SMILES string of the molecule is O=C(NO)c1cc2c(s1)CCN(c1ncc(-c3ccncc3)s1)C2. The van der Waals surface area contributed by atoms with Crippen molar-refractivity contribution in [3.63, 3.8) is 0 Å². The second kappa shape index (κ2) is 6.31. The van der Waals surface area contributed by atoms with Gasteiger partial charge >= 0.3 is 0 Å². The summed E-state index contributed by atoms with van der Waals surface area (Å²) in [7, 11) is 0. The minimum atomic E-state index is -0.449. The van der Waals surface area contributed by atoms with E-state index in [9.17, 15) is 4.79 Å². The van der Waals surface area contributed by atoms with Crippen molar-refractivity contribution < 1.29 is 10.0 Å². The molecule has 122 valence electrons. The summed E-state index contributed by atoms with van der Waals surface area (Å²) in [6.45, 7) is 1.60. The van der Waals surface area contributed by atoms with Crippen LogP contribution >= 0.6 is 22.7 Å². The van der Waals surface area contributed by atoms with Gasteiger partial charge in [0, 0.05) is 36.6 Å². The number of hydrogen-bond donors (Lipinski definition) is 2. The fraction of sp³-hybridized carbons (Fsp3) is 0.188. The number of carbonyl (C=O) groups is 1. The van der Waals surface area contributed by atoms with Gasteiger partial charge in [-0.15, -0.1) is 11.3 Å². The van der Waals surface area contributed by atoms with Crippen LogP contribution in [0.3, 0.4) is 0 Å². The fourth-order valence-corrected chi connectivity index (χ4v) is 4.72. The second-order valence-electron chi connectivity index (χ2n) is 5.41. The molecule has 24 heavy (non-hydrogen) atoms. The number of thiophene rings is 1. The van der Waals surface area contributed by atoms with E-state index < -0.39 is 5.91 Å². The lowest BCUT2D eigenvalue weighted by Crippen LogP contribution is -2.29. The van der Waals surface area contributed by atoms with Gasteiger partial charge in [-0.05, 0) is 35.7 Å². The molecule has 1 aliphatic rings. The van der Waals surface area contributed by atoms with Crippen molar-refractivity contribution >= 4 is 33.7 Å². The Bertz CT molecular complexity index is 875. The summed E-state index contributed by atoms with van der Waals surface area (Å²) in [5, 5.41) is 9.75. The summed E-state index contributed by atoms with van der Waals surface area (Å²) in [5.74, 6) is -0.449. The molecular weight excluding hydrogens is 344 g/mol. The third-order valence-electron chi connectivity index (χ3n) is 3.92. The van der Waals surface area contributed by atoms with E-state index in [4.69, 9.17) is 5.21 Å². The average Bonchev–Trinajstić information content (AvgIpc) is 3.28. The third-order valence-corrected chi connectivity index (χ3v) is 6.26. The Morgan fingerprint density at radius 3 is 2.92 bits per heavy atom. The number of rotatable bonds is 3. The maximum absolute atomic E-state index is 11.6. The summed E-state index contributed by atoms with van der Waals surface area (Å²) >= 11 is 3.10. The van der Waals surface area contributed by atoms with E-state index in [1.807, 2.05) is 24.4 Å². The van der Waals surface area contributed by atoms with Crippen molar-refractivity contribution in [2.75, 3.05) is 11.4 Å². The molecule has 4 heterocycles. The van der Waals surface area contributed by atoms with Crippen molar-refractivity contribution in [2.45, 2.75) is 13.0 Å². The van der Waals surface area contributed by atoms with Gasteiger partial charge in [-0.3, -0.25) is 15.0 Å². The summed E-state index contributed by atoms with van der Waals surface area (Å²) in [4.78, 5) is 25.2. The highest BCUT2D eigenvalue weighted by atomic mass is 32.1. The van der Waals surface area contributed by atoms with Crippen LogP contribution in [0.15, 0.2) is 36.8 Å². The van der Waals surface area contributed by atoms with Crippen molar-refractivity contribution in [1.29, 1.82) is 0 Å². The van der Waals surface area contributed by atoms with Gasteiger partial charge in [0.15, 0.2) is 5.13 Å². The van der Waals surface area contributed by atoms with Crippen LogP contribution < -0.4 is 10.4 Å². The molecule has 1 amide bonds. The maximum Gasteiger partial charge on any atom is 0.284 e. The summed E-state index contributed by atoms with van der Waals surface area (Å²) in [6.07, 6.45) is 6.33. The summed E-state index contributed by atoms with van der Waals surface area (Å²) < 4.78 is 0. The second-order valence-corrected chi connectivity index (χ2v) is 7.56. The van der Waals surface area contributed by atoms with Crippen LogP contribution in [0.5, 0.6) is 0 Å². The van der Waals surface area contributed by atoms with Gasteiger partial charge in [0.2, 0.25) is 0 Å². The molecule has 3 aromatic heterocycles. The first-order valence-corrected chi connectivity index (χ1v) is 9.05. The highest BCUT2D eigenvalue weighted by molar-refractivity contribution is 7.19. The van der Waals surface area contributed by atoms with E-state index in [-0.39, 0.29) is 0 Å². The number of hydroxylamine groups is 1. The predicted octanol–water partition coefficient (Wildman–Crippen LogP) is 2.95. The van der Waals surface area contributed by atoms with Gasteiger partial charge in [0.25, 0.3) is 5.91 Å². The van der Waals surface area contributed by atoms with Gasteiger partial charge in [-0.1, -0.05) is 11.3 Å². The van der Waals surface area contributed by atoms with Crippen LogP contribution in [-0.2, 0) is 13.0 Å². The highest BCUT2D eigenvalue weighted by Crippen LogP contribution is 2.35. The molecule has 0 radical (unpaired) electrons. The molecule has 0 saturated heterocycles. The smallest absolute Gasteiger partial charge is 0.284 e. The molecule has 0 spiro atoms. The zero-order valence-corrected chi connectivity index (χ0v) is 14.2. The number of carbonyl (C=O) groups excluding carboxylic acids is 1. The maximum atomic E-state index is 11.6. The number of anilines is 1. The van der Waals surface area contributed by atoms with E-state index in [2.05, 4.69) is 14.9 Å². The Morgan fingerprint density at radius 1 is 1.29 bits per heavy atom. The lowest BCUT2D eigenvalue weighted by molar-refractivity contribution is 0.0711. The quantitative estimate of drug-likeness (QED) is 0.556. The molecule has 0 atom stereocenters. The lowest BCUT2D eigenvalue weighted by Gasteiger charge is -2.26. The Balaban J connectivity index is 1.56. The Kier molecular flexibility index (Phi) is 4.01. The first-order valence-electron chi connectivity index (χ1n) is 7.42. The number of thiazole rings is 1. The molecule has 8 heteroatoms. The van der Waals surface area contributed by atoms with E-state index >= 15 is 0 Å². The molecule has 0 bridgehead atoms. The normalized spacial score (nSPS) is 13.6. The number of hydrogen-bond acceptors (Lipinski definition) is 7. The Labute approximate surface area is 146 Å². The van der Waals surface area contributed by atoms with Crippen molar-refractivity contribution in [1.82, 2.24) is 15.4 Å². The molecule has 0 fully saturated rings. The van der Waals surface area contributed by atoms with E-state index in [1.165, 1.54) is 16.2 Å². The van der Waals surface area contributed by atoms with E-state index in [0.717, 1.165) is 40.6 Å². The Morgan fingerprint density at radius 2 is 2.12 bits per heavy atom. The zero-order chi connectivity index (χ0) is 16.5. The molecular formula is C16H14N4O2S2. The molecule has 1 aliphatic heterocycles. The molecule has 6 nitrogen and oxygen atoms in total. The van der Waals surface area contributed by atoms with Gasteiger partial charge in [-0.2, -0.15) is 0 Å². The monoisotopic (exact) mass is 358 g/mol. The van der Waals surface area contributed by atoms with Crippen LogP contribution in [0.2, 0.25) is 0 Å². The highest BCUT2D eigenvalue weighted by Gasteiger charge is 2.23. The number of pyridine rings is 1. The van der Waals surface area contributed by atoms with E-state index in [1.54, 1.807) is 29.2 Å². The fourth-order valence-electron chi connectivity index (χ4n) is 2.72. The molecule has 0 aliphatic carbocycles. The van der Waals surface area contributed by atoms with Crippen LogP contribution in [0.25, 0.3) is 10.4 Å². The third kappa shape index (κ3) is 2.79. The first-order chi connectivity index (χ1) is 11.7. The molecule has 0 aromatic carbocycles. The van der Waals surface area contributed by atoms with E-state index in [0.29, 0.717) is 4.88 Å². The van der Waals surface area contributed by atoms with Crippen molar-refractivity contribution in [3.05, 3.63) is 52.1 Å². The van der Waals surface area contributed by atoms with Gasteiger partial charge in [0.05, 0.1) is 9.75 Å². The van der Waals surface area contributed by atoms with Gasteiger partial charge < -0.3 is 4.90 Å². The predicted molar refractivity (Wildman–Crippen MR) is 93.7 cm³/mol. The van der Waals surface area contributed by atoms with Crippen LogP contribution in [-0.4, -0.2) is 27.6 Å². The first kappa shape index (κ1) is 15.3. The molecule has 3 aromatic rings. The van der Waals surface area contributed by atoms with Crippen LogP contribution in [0, 0.1) is 0 Å². The number of aromatic nitrogens is 2. The van der Waals surface area contributed by atoms with Gasteiger partial charge in [0.1, 0.15) is 0 Å². The minimum absolute atomic E-state index is 0.449. The summed E-state index contributed by atoms with van der Waals surface area (Å²) in [6, 6.07) is 5.81. The number of fused-ring (bicyclic) bond motifs is 1.